The second kappa shape index (κ2) is 9.97. The van der Waals surface area contributed by atoms with Crippen LogP contribution in [0.5, 0.6) is 5.75 Å². The normalized spacial score (nSPS) is 27.5. The predicted molar refractivity (Wildman–Crippen MR) is 156 cm³/mol. The molecule has 2 aromatic rings. The van der Waals surface area contributed by atoms with Crippen LogP contribution in [0.4, 0.5) is 0 Å². The molecule has 42 heavy (non-hydrogen) atoms. The van der Waals surface area contributed by atoms with E-state index in [0.717, 1.165) is 19.5 Å². The monoisotopic (exact) mass is 591 g/mol. The largest absolute Gasteiger partial charge is 0.511 e. The fourth-order valence-electron chi connectivity index (χ4n) is 7.69. The quantitative estimate of drug-likeness (QED) is 0.395. The van der Waals surface area contributed by atoms with Crippen LogP contribution >= 0.6 is 11.6 Å². The summed E-state index contributed by atoms with van der Waals surface area (Å²) in [6.07, 6.45) is 1.43. The van der Waals surface area contributed by atoms with Gasteiger partial charge in [0.25, 0.3) is 5.91 Å². The number of nitrogens with two attached hydrogens (primary N) is 1. The third kappa shape index (κ3) is 4.01. The Balaban J connectivity index is 1.40. The van der Waals surface area contributed by atoms with Crippen molar-refractivity contribution in [2.45, 2.75) is 45.3 Å². The molecular weight excluding hydrogens is 558 g/mol. The van der Waals surface area contributed by atoms with Crippen LogP contribution < -0.4 is 5.73 Å². The molecule has 0 aromatic heterocycles. The van der Waals surface area contributed by atoms with Gasteiger partial charge in [-0.05, 0) is 74.5 Å². The molecule has 0 fully saturated rings. The van der Waals surface area contributed by atoms with Crippen molar-refractivity contribution in [1.29, 1.82) is 0 Å². The van der Waals surface area contributed by atoms with Gasteiger partial charge in [-0.15, -0.1) is 0 Å². The summed E-state index contributed by atoms with van der Waals surface area (Å²) >= 11 is 6.97. The number of allylic oxidation sites excluding steroid dienone is 2. The lowest BCUT2D eigenvalue weighted by Crippen LogP contribution is -2.58. The van der Waals surface area contributed by atoms with Crippen LogP contribution in [-0.4, -0.2) is 69.3 Å². The number of aromatic hydroxyl groups is 1. The van der Waals surface area contributed by atoms with Crippen molar-refractivity contribution in [2.75, 3.05) is 20.6 Å². The zero-order valence-electron chi connectivity index (χ0n) is 23.8. The highest BCUT2D eigenvalue weighted by molar-refractivity contribution is 6.33. The number of hydrogen-bond acceptors (Lipinski definition) is 8. The molecule has 220 valence electrons. The SMILES string of the molecule is CN(C)[C@@H]1C(O)=C(C(N)=O)C(=O)[C@@]2(C)C(O)=C3C(=O)c4c(O)cc(CN5CCc6ccccc6C5)c(Cl)c4C[C@H]3C[C@@H]12. The summed E-state index contributed by atoms with van der Waals surface area (Å²) in [7, 11) is 3.40. The third-order valence-electron chi connectivity index (χ3n) is 9.80. The number of halogens is 1. The standard InChI is InChI=1S/C32H34ClN3O6/c1-32-20(26(35(2)3)28(39)24(30(32)41)31(34)42)11-17-10-19-23(27(38)22(17)29(32)40)21(37)12-18(25(19)33)14-36-9-8-15-6-4-5-7-16(15)13-36/h4-7,12,17,20,26,37,39-40H,8-11,13-14H2,1-3H3,(H2,34,42)/t17-,20-,26-,32+/m0/s1. The fourth-order valence-corrected chi connectivity index (χ4v) is 7.98. The molecule has 1 heterocycles. The summed E-state index contributed by atoms with van der Waals surface area (Å²) in [5, 5.41) is 34.2. The van der Waals surface area contributed by atoms with Crippen molar-refractivity contribution >= 4 is 29.1 Å². The summed E-state index contributed by atoms with van der Waals surface area (Å²) in [6.45, 7) is 3.56. The Morgan fingerprint density at radius 3 is 2.52 bits per heavy atom. The third-order valence-corrected chi connectivity index (χ3v) is 10.3. The van der Waals surface area contributed by atoms with E-state index in [2.05, 4.69) is 17.0 Å². The van der Waals surface area contributed by atoms with Crippen LogP contribution in [-0.2, 0) is 35.5 Å². The summed E-state index contributed by atoms with van der Waals surface area (Å²) in [5.41, 5.74) is 7.10. The van der Waals surface area contributed by atoms with Gasteiger partial charge in [-0.1, -0.05) is 35.9 Å². The zero-order chi connectivity index (χ0) is 30.2. The average Bonchev–Trinajstić information content (AvgIpc) is 2.93. The highest BCUT2D eigenvalue weighted by atomic mass is 35.5. The van der Waals surface area contributed by atoms with Crippen molar-refractivity contribution in [3.8, 4) is 5.75 Å². The Kier molecular flexibility index (Phi) is 6.75. The molecule has 3 aliphatic carbocycles. The highest BCUT2D eigenvalue weighted by Gasteiger charge is 2.61. The summed E-state index contributed by atoms with van der Waals surface area (Å²) in [4.78, 5) is 43.8. The number of nitrogens with zero attached hydrogens (tertiary/aromatic N) is 2. The molecule has 4 atom stereocenters. The van der Waals surface area contributed by atoms with E-state index in [4.69, 9.17) is 17.3 Å². The first-order chi connectivity index (χ1) is 19.9. The minimum absolute atomic E-state index is 0.0218. The zero-order valence-corrected chi connectivity index (χ0v) is 24.5. The number of hydrogen-bond donors (Lipinski definition) is 4. The molecule has 1 aliphatic heterocycles. The van der Waals surface area contributed by atoms with E-state index >= 15 is 0 Å². The molecule has 0 saturated heterocycles. The van der Waals surface area contributed by atoms with E-state index in [-0.39, 0.29) is 29.7 Å². The van der Waals surface area contributed by atoms with Crippen LogP contribution in [0.25, 0.3) is 0 Å². The Labute approximate surface area is 248 Å². The van der Waals surface area contributed by atoms with Crippen LogP contribution in [0.15, 0.2) is 53.0 Å². The maximum atomic E-state index is 14.0. The number of carbonyl (C=O) groups is 3. The van der Waals surface area contributed by atoms with Crippen LogP contribution in [0.3, 0.4) is 0 Å². The average molecular weight is 592 g/mol. The summed E-state index contributed by atoms with van der Waals surface area (Å²) < 4.78 is 0. The summed E-state index contributed by atoms with van der Waals surface area (Å²) in [6, 6.07) is 9.02. The molecule has 6 rings (SSSR count). The topological polar surface area (TPSA) is 144 Å². The highest BCUT2D eigenvalue weighted by Crippen LogP contribution is 2.57. The number of fused-ring (bicyclic) bond motifs is 4. The van der Waals surface area contributed by atoms with Crippen LogP contribution in [0.2, 0.25) is 5.02 Å². The fraction of sp³-hybridized carbons (Fsp3) is 0.406. The molecule has 4 aliphatic rings. The van der Waals surface area contributed by atoms with Gasteiger partial charge >= 0.3 is 0 Å². The number of aliphatic hydroxyl groups excluding tert-OH is 2. The molecule has 2 aromatic carbocycles. The second-order valence-corrected chi connectivity index (χ2v) is 12.7. The van der Waals surface area contributed by atoms with E-state index in [0.29, 0.717) is 22.7 Å². The van der Waals surface area contributed by atoms with Gasteiger partial charge in [-0.2, -0.15) is 0 Å². The minimum atomic E-state index is -1.67. The number of carbonyl (C=O) groups excluding carboxylic acids is 3. The number of amides is 1. The number of phenols is 1. The van der Waals surface area contributed by atoms with E-state index in [1.807, 2.05) is 12.1 Å². The molecule has 10 heteroatoms. The van der Waals surface area contributed by atoms with Crippen LogP contribution in [0.1, 0.15) is 46.0 Å². The molecule has 0 spiro atoms. The molecule has 0 radical (unpaired) electrons. The number of Topliss-reactive ketones (excluding diaryl/α,β-unsaturated/α-hetero) is 2. The van der Waals surface area contributed by atoms with Gasteiger partial charge in [0.05, 0.1) is 17.0 Å². The first-order valence-corrected chi connectivity index (χ1v) is 14.5. The van der Waals surface area contributed by atoms with E-state index in [1.165, 1.54) is 24.1 Å². The number of primary amides is 1. The first kappa shape index (κ1) is 28.5. The van der Waals surface area contributed by atoms with E-state index in [1.54, 1.807) is 19.0 Å². The number of benzene rings is 2. The van der Waals surface area contributed by atoms with E-state index in [9.17, 15) is 29.7 Å². The number of rotatable bonds is 4. The molecule has 5 N–H and O–H groups in total. The smallest absolute Gasteiger partial charge is 0.255 e. The van der Waals surface area contributed by atoms with Gasteiger partial charge in [0.1, 0.15) is 22.8 Å². The van der Waals surface area contributed by atoms with Gasteiger partial charge in [0.2, 0.25) is 0 Å². The van der Waals surface area contributed by atoms with Gasteiger partial charge in [0, 0.05) is 36.1 Å². The Morgan fingerprint density at radius 2 is 1.86 bits per heavy atom. The molecule has 0 saturated carbocycles. The van der Waals surface area contributed by atoms with Gasteiger partial charge in [0.15, 0.2) is 11.6 Å². The van der Waals surface area contributed by atoms with Crippen molar-refractivity contribution < 1.29 is 29.7 Å². The molecule has 0 unspecified atom stereocenters. The lowest BCUT2D eigenvalue weighted by atomic mass is 9.54. The molecule has 1 amide bonds. The number of phenolic OH excluding ortho intramolecular Hbond substituents is 1. The second-order valence-electron chi connectivity index (χ2n) is 12.4. The maximum absolute atomic E-state index is 14.0. The van der Waals surface area contributed by atoms with E-state index < -0.39 is 57.9 Å². The predicted octanol–water partition coefficient (Wildman–Crippen LogP) is 3.61. The van der Waals surface area contributed by atoms with Crippen molar-refractivity contribution in [2.24, 2.45) is 23.0 Å². The molecule has 9 nitrogen and oxygen atoms in total. The minimum Gasteiger partial charge on any atom is -0.511 e. The maximum Gasteiger partial charge on any atom is 0.255 e. The van der Waals surface area contributed by atoms with Crippen molar-refractivity contribution in [1.82, 2.24) is 9.80 Å². The van der Waals surface area contributed by atoms with Gasteiger partial charge < -0.3 is 21.1 Å². The summed E-state index contributed by atoms with van der Waals surface area (Å²) in [5.74, 6) is -4.80. The molecular formula is C32H34ClN3O6. The molecule has 0 bridgehead atoms. The van der Waals surface area contributed by atoms with Gasteiger partial charge in [-0.25, -0.2) is 0 Å². The van der Waals surface area contributed by atoms with Gasteiger partial charge in [-0.3, -0.25) is 24.2 Å². The lowest BCUT2D eigenvalue weighted by Gasteiger charge is -2.51. The van der Waals surface area contributed by atoms with Crippen LogP contribution in [0, 0.1) is 17.3 Å². The van der Waals surface area contributed by atoms with Crippen molar-refractivity contribution in [3.63, 3.8) is 0 Å². The Morgan fingerprint density at radius 1 is 1.17 bits per heavy atom. The van der Waals surface area contributed by atoms with Crippen molar-refractivity contribution in [3.05, 3.63) is 85.8 Å². The number of aliphatic hydroxyl groups is 2. The Hall–Kier alpha value is -3.66. The Bertz CT molecular complexity index is 1630. The lowest BCUT2D eigenvalue weighted by molar-refractivity contribution is -0.134. The number of likely N-dealkylation sites (N-methyl/N-ethyl adjacent to an activating group) is 1. The number of ketones is 2. The first-order valence-electron chi connectivity index (χ1n) is 14.1.